The first-order valence-corrected chi connectivity index (χ1v) is 8.29. The molecular weight excluding hydrogens is 360 g/mol. The first-order chi connectivity index (χ1) is 13.4. The quantitative estimate of drug-likeness (QED) is 0.430. The van der Waals surface area contributed by atoms with Gasteiger partial charge in [-0.2, -0.15) is 0 Å². The van der Waals surface area contributed by atoms with E-state index in [-0.39, 0.29) is 17.1 Å². The van der Waals surface area contributed by atoms with Crippen LogP contribution >= 0.6 is 0 Å². The lowest BCUT2D eigenvalue weighted by molar-refractivity contribution is 0.0694. The molecule has 138 valence electrons. The molecule has 0 unspecified atom stereocenters. The zero-order valence-electron chi connectivity index (χ0n) is 14.4. The van der Waals surface area contributed by atoms with Crippen LogP contribution in [-0.4, -0.2) is 36.4 Å². The standard InChI is InChI=1S/C21H14N2O5/c24-13-5-1-11(2-6-13)19-20(12-3-7-14(25)8-4-12)23-17-10-18(26)15(21(27)28)9-16(17)22-19/h1-10,24-26H,(H,27,28). The van der Waals surface area contributed by atoms with E-state index in [0.29, 0.717) is 33.5 Å². The summed E-state index contributed by atoms with van der Waals surface area (Å²) in [5.74, 6) is -1.47. The summed E-state index contributed by atoms with van der Waals surface area (Å²) in [5.41, 5.74) is 2.67. The number of carboxylic acid groups (broad SMARTS) is 1. The zero-order valence-corrected chi connectivity index (χ0v) is 14.4. The van der Waals surface area contributed by atoms with E-state index in [2.05, 4.69) is 9.97 Å². The van der Waals surface area contributed by atoms with Crippen LogP contribution in [-0.2, 0) is 0 Å². The van der Waals surface area contributed by atoms with Gasteiger partial charge < -0.3 is 20.4 Å². The third-order valence-electron chi connectivity index (χ3n) is 4.29. The summed E-state index contributed by atoms with van der Waals surface area (Å²) in [5, 5.41) is 38.3. The molecule has 4 rings (SSSR count). The SMILES string of the molecule is O=C(O)c1cc2nc(-c3ccc(O)cc3)c(-c3ccc(O)cc3)nc2cc1O. The molecule has 0 bridgehead atoms. The van der Waals surface area contributed by atoms with E-state index in [0.717, 1.165) is 0 Å². The Balaban J connectivity index is 2.02. The second-order valence-corrected chi connectivity index (χ2v) is 6.18. The third kappa shape index (κ3) is 3.05. The second-order valence-electron chi connectivity index (χ2n) is 6.18. The van der Waals surface area contributed by atoms with E-state index >= 15 is 0 Å². The van der Waals surface area contributed by atoms with Gasteiger partial charge in [-0.3, -0.25) is 0 Å². The van der Waals surface area contributed by atoms with E-state index in [1.54, 1.807) is 24.3 Å². The van der Waals surface area contributed by atoms with Gasteiger partial charge in [0.15, 0.2) is 0 Å². The maximum Gasteiger partial charge on any atom is 0.339 e. The molecule has 0 aliphatic rings. The van der Waals surface area contributed by atoms with Gasteiger partial charge in [0.25, 0.3) is 0 Å². The lowest BCUT2D eigenvalue weighted by Gasteiger charge is -2.12. The maximum absolute atomic E-state index is 11.3. The van der Waals surface area contributed by atoms with Crippen LogP contribution in [0.25, 0.3) is 33.5 Å². The van der Waals surface area contributed by atoms with Crippen LogP contribution in [0.1, 0.15) is 10.4 Å². The average molecular weight is 374 g/mol. The summed E-state index contributed by atoms with van der Waals surface area (Å²) in [6.45, 7) is 0. The first-order valence-electron chi connectivity index (χ1n) is 8.29. The predicted molar refractivity (Wildman–Crippen MR) is 102 cm³/mol. The molecule has 0 aliphatic carbocycles. The fraction of sp³-hybridized carbons (Fsp3) is 0. The third-order valence-corrected chi connectivity index (χ3v) is 4.29. The number of carbonyl (C=O) groups is 1. The van der Waals surface area contributed by atoms with E-state index in [4.69, 9.17) is 0 Å². The Bertz CT molecular complexity index is 1200. The number of phenolic OH excluding ortho intramolecular Hbond substituents is 2. The Hall–Kier alpha value is -4.13. The number of aromatic hydroxyl groups is 3. The summed E-state index contributed by atoms with van der Waals surface area (Å²) in [4.78, 5) is 20.5. The van der Waals surface area contributed by atoms with Crippen molar-refractivity contribution in [3.63, 3.8) is 0 Å². The summed E-state index contributed by atoms with van der Waals surface area (Å²) in [6, 6.07) is 15.3. The lowest BCUT2D eigenvalue weighted by atomic mass is 10.0. The van der Waals surface area contributed by atoms with Crippen molar-refractivity contribution in [3.05, 3.63) is 66.2 Å². The Labute approximate surface area is 158 Å². The molecule has 7 nitrogen and oxygen atoms in total. The topological polar surface area (TPSA) is 124 Å². The van der Waals surface area contributed by atoms with Gasteiger partial charge in [-0.1, -0.05) is 0 Å². The highest BCUT2D eigenvalue weighted by molar-refractivity contribution is 5.97. The molecular formula is C21H14N2O5. The van der Waals surface area contributed by atoms with Crippen LogP contribution in [0.2, 0.25) is 0 Å². The highest BCUT2D eigenvalue weighted by Gasteiger charge is 2.17. The van der Waals surface area contributed by atoms with Crippen LogP contribution in [0.5, 0.6) is 17.2 Å². The van der Waals surface area contributed by atoms with Gasteiger partial charge in [0, 0.05) is 17.2 Å². The summed E-state index contributed by atoms with van der Waals surface area (Å²) < 4.78 is 0. The van der Waals surface area contributed by atoms with Crippen molar-refractivity contribution >= 4 is 17.0 Å². The van der Waals surface area contributed by atoms with Crippen molar-refractivity contribution in [2.45, 2.75) is 0 Å². The fourth-order valence-electron chi connectivity index (χ4n) is 2.90. The minimum Gasteiger partial charge on any atom is -0.508 e. The smallest absolute Gasteiger partial charge is 0.339 e. The van der Waals surface area contributed by atoms with E-state index in [1.807, 2.05) is 0 Å². The minimum atomic E-state index is -1.27. The van der Waals surface area contributed by atoms with Gasteiger partial charge in [-0.25, -0.2) is 14.8 Å². The number of nitrogens with zero attached hydrogens (tertiary/aromatic N) is 2. The number of benzene rings is 3. The number of aromatic nitrogens is 2. The molecule has 4 N–H and O–H groups in total. The summed E-state index contributed by atoms with van der Waals surface area (Å²) in [7, 11) is 0. The monoisotopic (exact) mass is 374 g/mol. The van der Waals surface area contributed by atoms with Crippen molar-refractivity contribution in [1.29, 1.82) is 0 Å². The van der Waals surface area contributed by atoms with Gasteiger partial charge in [0.05, 0.1) is 22.4 Å². The Morgan fingerprint density at radius 3 is 1.54 bits per heavy atom. The van der Waals surface area contributed by atoms with Gasteiger partial charge >= 0.3 is 5.97 Å². The molecule has 4 aromatic rings. The fourth-order valence-corrected chi connectivity index (χ4v) is 2.90. The molecule has 3 aromatic carbocycles. The largest absolute Gasteiger partial charge is 0.508 e. The van der Waals surface area contributed by atoms with Crippen molar-refractivity contribution in [2.75, 3.05) is 0 Å². The van der Waals surface area contributed by atoms with Crippen molar-refractivity contribution in [2.24, 2.45) is 0 Å². The molecule has 0 fully saturated rings. The number of rotatable bonds is 3. The predicted octanol–water partition coefficient (Wildman–Crippen LogP) is 3.78. The van der Waals surface area contributed by atoms with Crippen LogP contribution < -0.4 is 0 Å². The van der Waals surface area contributed by atoms with Crippen LogP contribution in [0, 0.1) is 0 Å². The van der Waals surface area contributed by atoms with Crippen LogP contribution in [0.4, 0.5) is 0 Å². The molecule has 0 saturated heterocycles. The zero-order chi connectivity index (χ0) is 19.8. The normalized spacial score (nSPS) is 10.9. The Kier molecular flexibility index (Phi) is 4.04. The molecule has 1 heterocycles. The van der Waals surface area contributed by atoms with E-state index < -0.39 is 11.7 Å². The lowest BCUT2D eigenvalue weighted by Crippen LogP contribution is -2.00. The second kappa shape index (κ2) is 6.55. The van der Waals surface area contributed by atoms with Gasteiger partial charge in [0.2, 0.25) is 0 Å². The van der Waals surface area contributed by atoms with E-state index in [9.17, 15) is 25.2 Å². The molecule has 0 radical (unpaired) electrons. The number of aromatic carboxylic acids is 1. The number of hydrogen-bond donors (Lipinski definition) is 4. The molecule has 7 heteroatoms. The molecule has 0 saturated carbocycles. The Morgan fingerprint density at radius 1 is 0.679 bits per heavy atom. The minimum absolute atomic E-state index is 0.0989. The maximum atomic E-state index is 11.3. The van der Waals surface area contributed by atoms with Crippen molar-refractivity contribution < 1.29 is 25.2 Å². The van der Waals surface area contributed by atoms with Crippen molar-refractivity contribution in [3.8, 4) is 39.8 Å². The highest BCUT2D eigenvalue weighted by atomic mass is 16.4. The van der Waals surface area contributed by atoms with Crippen LogP contribution in [0.3, 0.4) is 0 Å². The Morgan fingerprint density at radius 2 is 1.11 bits per heavy atom. The van der Waals surface area contributed by atoms with E-state index in [1.165, 1.54) is 36.4 Å². The van der Waals surface area contributed by atoms with Crippen LogP contribution in [0.15, 0.2) is 60.7 Å². The van der Waals surface area contributed by atoms with Gasteiger partial charge in [0.1, 0.15) is 22.8 Å². The van der Waals surface area contributed by atoms with Gasteiger partial charge in [-0.05, 0) is 54.6 Å². The number of phenols is 3. The molecule has 0 aliphatic heterocycles. The van der Waals surface area contributed by atoms with Crippen molar-refractivity contribution in [1.82, 2.24) is 9.97 Å². The summed E-state index contributed by atoms with van der Waals surface area (Å²) >= 11 is 0. The van der Waals surface area contributed by atoms with Gasteiger partial charge in [-0.15, -0.1) is 0 Å². The molecule has 0 amide bonds. The highest BCUT2D eigenvalue weighted by Crippen LogP contribution is 2.34. The summed E-state index contributed by atoms with van der Waals surface area (Å²) in [6.07, 6.45) is 0. The number of fused-ring (bicyclic) bond motifs is 1. The molecule has 1 aromatic heterocycles. The molecule has 0 spiro atoms. The first kappa shape index (κ1) is 17.3. The average Bonchev–Trinajstić information content (AvgIpc) is 2.67. The molecule has 28 heavy (non-hydrogen) atoms. The number of hydrogen-bond acceptors (Lipinski definition) is 6. The number of carboxylic acids is 1. The molecule has 0 atom stereocenters.